The maximum absolute atomic E-state index is 14.4. The molecule has 0 radical (unpaired) electrons. The number of hydrogen-bond acceptors (Lipinski definition) is 7. The molecule has 0 aliphatic rings. The normalized spacial score (nSPS) is 11.9. The lowest BCUT2D eigenvalue weighted by molar-refractivity contribution is -0.137. The third-order valence-corrected chi connectivity index (χ3v) is 12.2. The fourth-order valence-corrected chi connectivity index (χ4v) is 9.49. The highest BCUT2D eigenvalue weighted by atomic mass is 19.4. The minimum atomic E-state index is -4.54. The summed E-state index contributed by atoms with van der Waals surface area (Å²) in [6, 6.07) is 46.5. The van der Waals surface area contributed by atoms with E-state index in [1.807, 2.05) is 113 Å². The highest BCUT2D eigenvalue weighted by Gasteiger charge is 2.31. The van der Waals surface area contributed by atoms with Gasteiger partial charge in [-0.3, -0.25) is 0 Å². The Labute approximate surface area is 382 Å². The van der Waals surface area contributed by atoms with Crippen LogP contribution in [0.3, 0.4) is 0 Å². The molecule has 0 unspecified atom stereocenters. The fraction of sp³-hybridized carbons (Fsp3) is 0.109. The van der Waals surface area contributed by atoms with Gasteiger partial charge in [0.15, 0.2) is 11.6 Å². The number of fused-ring (bicyclic) bond motifs is 6. The topological polar surface area (TPSA) is 111 Å². The van der Waals surface area contributed by atoms with Crippen LogP contribution in [0.25, 0.3) is 100 Å². The van der Waals surface area contributed by atoms with Crippen molar-refractivity contribution >= 4 is 43.6 Å². The van der Waals surface area contributed by atoms with E-state index in [0.717, 1.165) is 71.6 Å². The summed E-state index contributed by atoms with van der Waals surface area (Å²) in [6.45, 7) is 9.06. The molecule has 0 aliphatic heterocycles. The summed E-state index contributed by atoms with van der Waals surface area (Å²) in [5, 5.41) is 14.4. The van der Waals surface area contributed by atoms with E-state index < -0.39 is 11.7 Å². The number of aromatic nitrogens is 8. The molecule has 0 saturated carbocycles. The Hall–Kier alpha value is -8.56. The molecule has 12 heteroatoms. The second-order valence-corrected chi connectivity index (χ2v) is 16.8. The van der Waals surface area contributed by atoms with Gasteiger partial charge in [-0.1, -0.05) is 54.6 Å². The maximum Gasteiger partial charge on any atom is 0.416 e. The first-order valence-electron chi connectivity index (χ1n) is 21.7. The Kier molecular flexibility index (Phi) is 9.56. The minimum Gasteiger partial charge on any atom is -0.309 e. The van der Waals surface area contributed by atoms with Gasteiger partial charge in [0.05, 0.1) is 50.6 Å². The molecule has 11 rings (SSSR count). The molecule has 0 atom stereocenters. The van der Waals surface area contributed by atoms with Gasteiger partial charge in [-0.2, -0.15) is 18.4 Å². The molecule has 0 N–H and O–H groups in total. The first-order chi connectivity index (χ1) is 32.3. The summed E-state index contributed by atoms with van der Waals surface area (Å²) < 4.78 is 47.4. The van der Waals surface area contributed by atoms with E-state index >= 15 is 0 Å². The molecule has 0 fully saturated rings. The second-order valence-electron chi connectivity index (χ2n) is 16.8. The van der Waals surface area contributed by atoms with Crippen LogP contribution < -0.4 is 0 Å². The number of hydrogen-bond donors (Lipinski definition) is 0. The van der Waals surface area contributed by atoms with Crippen LogP contribution in [-0.4, -0.2) is 39.0 Å². The Morgan fingerprint density at radius 1 is 0.433 bits per heavy atom. The van der Waals surface area contributed by atoms with Crippen LogP contribution in [0.15, 0.2) is 140 Å². The zero-order valence-corrected chi connectivity index (χ0v) is 36.9. The van der Waals surface area contributed by atoms with Crippen LogP contribution in [0.4, 0.5) is 13.2 Å². The van der Waals surface area contributed by atoms with Crippen LogP contribution in [0.1, 0.15) is 40.0 Å². The summed E-state index contributed by atoms with van der Waals surface area (Å²) in [5.41, 5.74) is 9.51. The lowest BCUT2D eigenvalue weighted by atomic mass is 9.94. The maximum atomic E-state index is 14.4. The van der Waals surface area contributed by atoms with Gasteiger partial charge in [-0.15, -0.1) is 0 Å². The summed E-state index contributed by atoms with van der Waals surface area (Å²) in [4.78, 5) is 27.4. The average Bonchev–Trinajstić information content (AvgIpc) is 3.82. The zero-order chi connectivity index (χ0) is 46.3. The molecular formula is C55H38F3N9. The van der Waals surface area contributed by atoms with Gasteiger partial charge in [0.25, 0.3) is 0 Å². The van der Waals surface area contributed by atoms with E-state index in [0.29, 0.717) is 62.9 Å². The minimum absolute atomic E-state index is 0.427. The number of nitrogens with zero attached hydrogens (tertiary/aromatic N) is 9. The number of rotatable bonds is 6. The van der Waals surface area contributed by atoms with Crippen molar-refractivity contribution in [3.63, 3.8) is 0 Å². The Morgan fingerprint density at radius 2 is 0.940 bits per heavy atom. The van der Waals surface area contributed by atoms with Gasteiger partial charge in [0, 0.05) is 43.8 Å². The van der Waals surface area contributed by atoms with Gasteiger partial charge in [-0.05, 0) is 136 Å². The molecule has 0 saturated heterocycles. The highest BCUT2D eigenvalue weighted by molar-refractivity contribution is 6.12. The number of aryl methyl sites for hydroxylation is 5. The Morgan fingerprint density at radius 3 is 1.48 bits per heavy atom. The van der Waals surface area contributed by atoms with Crippen LogP contribution in [-0.2, 0) is 6.18 Å². The van der Waals surface area contributed by atoms with E-state index in [2.05, 4.69) is 81.5 Å². The number of para-hydroxylation sites is 2. The second kappa shape index (κ2) is 15.6. The summed E-state index contributed by atoms with van der Waals surface area (Å²) >= 11 is 0. The quantitative estimate of drug-likeness (QED) is 0.163. The number of halogens is 3. The van der Waals surface area contributed by atoms with Gasteiger partial charge < -0.3 is 9.13 Å². The van der Waals surface area contributed by atoms with Crippen molar-refractivity contribution in [2.75, 3.05) is 0 Å². The number of benzene rings is 7. The monoisotopic (exact) mass is 881 g/mol. The molecule has 0 spiro atoms. The number of nitriles is 1. The first-order valence-corrected chi connectivity index (χ1v) is 21.7. The van der Waals surface area contributed by atoms with E-state index in [-0.39, 0.29) is 0 Å². The van der Waals surface area contributed by atoms with Crippen molar-refractivity contribution in [3.05, 3.63) is 180 Å². The summed E-state index contributed by atoms with van der Waals surface area (Å²) in [5.74, 6) is 3.64. The lowest BCUT2D eigenvalue weighted by Gasteiger charge is -2.20. The van der Waals surface area contributed by atoms with Crippen molar-refractivity contribution in [1.29, 1.82) is 5.26 Å². The smallest absolute Gasteiger partial charge is 0.309 e. The Balaban J connectivity index is 1.21. The van der Waals surface area contributed by atoms with Crippen LogP contribution in [0.2, 0.25) is 0 Å². The number of alkyl halides is 3. The molecule has 0 aliphatic carbocycles. The Bertz CT molecular complexity index is 3850. The third-order valence-electron chi connectivity index (χ3n) is 12.2. The predicted octanol–water partition coefficient (Wildman–Crippen LogP) is 13.4. The largest absolute Gasteiger partial charge is 0.416 e. The van der Waals surface area contributed by atoms with Crippen molar-refractivity contribution in [2.24, 2.45) is 0 Å². The van der Waals surface area contributed by atoms with Crippen molar-refractivity contribution < 1.29 is 13.2 Å². The van der Waals surface area contributed by atoms with Crippen molar-refractivity contribution in [3.8, 4) is 62.5 Å². The first kappa shape index (κ1) is 41.2. The SMILES string of the molecule is Cc1cc(-c2ccc(-c3cc(C#N)ccc3-n3c4ccccc4c4cc(-c5nc(C)nc(C)n5)ccc43)c(-n3c4ccccc4c4cc(-c5nc(C)nc(C)n5)ccc43)c2)cc(C(F)(F)F)c1. The lowest BCUT2D eigenvalue weighted by Crippen LogP contribution is -2.05. The molecule has 9 nitrogen and oxygen atoms in total. The van der Waals surface area contributed by atoms with Crippen LogP contribution in [0.5, 0.6) is 0 Å². The summed E-state index contributed by atoms with van der Waals surface area (Å²) in [7, 11) is 0. The van der Waals surface area contributed by atoms with Crippen molar-refractivity contribution in [1.82, 2.24) is 39.0 Å². The molecule has 7 aromatic carbocycles. The van der Waals surface area contributed by atoms with Crippen molar-refractivity contribution in [2.45, 2.75) is 40.8 Å². The fourth-order valence-electron chi connectivity index (χ4n) is 9.49. The van der Waals surface area contributed by atoms with Crippen LogP contribution in [0, 0.1) is 45.9 Å². The summed E-state index contributed by atoms with van der Waals surface area (Å²) in [6.07, 6.45) is -4.54. The van der Waals surface area contributed by atoms with Gasteiger partial charge in [-0.25, -0.2) is 29.9 Å². The van der Waals surface area contributed by atoms with Gasteiger partial charge in [0.1, 0.15) is 23.3 Å². The predicted molar refractivity (Wildman–Crippen MR) is 257 cm³/mol. The molecule has 4 heterocycles. The van der Waals surface area contributed by atoms with E-state index in [1.54, 1.807) is 13.0 Å². The highest BCUT2D eigenvalue weighted by Crippen LogP contribution is 2.44. The van der Waals surface area contributed by atoms with E-state index in [4.69, 9.17) is 0 Å². The molecule has 4 aromatic heterocycles. The zero-order valence-electron chi connectivity index (χ0n) is 36.9. The molecule has 67 heavy (non-hydrogen) atoms. The third kappa shape index (κ3) is 7.12. The molecular weight excluding hydrogens is 844 g/mol. The molecule has 0 amide bonds. The molecule has 324 valence electrons. The van der Waals surface area contributed by atoms with E-state index in [1.165, 1.54) is 12.1 Å². The standard InChI is InChI=1S/C55H38F3N9/c1-30-22-39(25-40(23-30)55(56,57)58)36-15-18-43(52(28-36)67-48-13-9-7-11-42(48)46-27-38(17-21-51(46)67)54-64-33(4)61-34(5)65-54)44-24-35(29-59)14-19-49(44)66-47-12-8-6-10-41(47)45-26-37(16-20-50(45)66)53-62-31(2)60-32(3)63-53/h6-28H,1-5H3. The van der Waals surface area contributed by atoms with Gasteiger partial charge >= 0.3 is 6.18 Å². The van der Waals surface area contributed by atoms with Gasteiger partial charge in [0.2, 0.25) is 0 Å². The molecule has 0 bridgehead atoms. The van der Waals surface area contributed by atoms with Crippen LogP contribution >= 0.6 is 0 Å². The average molecular weight is 882 g/mol. The molecule has 11 aromatic rings. The van der Waals surface area contributed by atoms with E-state index in [9.17, 15) is 18.4 Å².